The van der Waals surface area contributed by atoms with Crippen molar-refractivity contribution in [2.75, 3.05) is 12.4 Å². The Kier molecular flexibility index (Phi) is 4.02. The Balaban J connectivity index is 2.14. The van der Waals surface area contributed by atoms with E-state index >= 15 is 0 Å². The molecule has 0 spiro atoms. The van der Waals surface area contributed by atoms with Gasteiger partial charge in [0, 0.05) is 5.69 Å². The smallest absolute Gasteiger partial charge is 0.349 e. The quantitative estimate of drug-likeness (QED) is 0.823. The van der Waals surface area contributed by atoms with Crippen LogP contribution in [0.5, 0.6) is 0 Å². The minimum atomic E-state index is -3.70. The lowest BCUT2D eigenvalue weighted by Crippen LogP contribution is -2.11. The van der Waals surface area contributed by atoms with Gasteiger partial charge in [0.2, 0.25) is 10.0 Å². The van der Waals surface area contributed by atoms with Gasteiger partial charge >= 0.3 is 5.97 Å². The number of carbonyl (C=O) groups is 1. The van der Waals surface area contributed by atoms with Crippen molar-refractivity contribution >= 4 is 38.1 Å². The molecule has 20 heavy (non-hydrogen) atoms. The summed E-state index contributed by atoms with van der Waals surface area (Å²) >= 11 is 1.13. The molecule has 3 N–H and O–H groups in total. The van der Waals surface area contributed by atoms with Gasteiger partial charge in [-0.2, -0.15) is 0 Å². The molecule has 0 unspecified atom stereocenters. The van der Waals surface area contributed by atoms with Gasteiger partial charge in [0.15, 0.2) is 5.13 Å². The van der Waals surface area contributed by atoms with Crippen LogP contribution in [0, 0.1) is 0 Å². The number of carbonyl (C=O) groups excluding carboxylic acids is 1. The van der Waals surface area contributed by atoms with Crippen LogP contribution in [0.1, 0.15) is 9.67 Å². The third-order valence-electron chi connectivity index (χ3n) is 2.33. The molecule has 2 aromatic rings. The zero-order valence-electron chi connectivity index (χ0n) is 10.4. The Labute approximate surface area is 119 Å². The van der Waals surface area contributed by atoms with Crippen molar-refractivity contribution in [2.45, 2.75) is 4.90 Å². The monoisotopic (exact) mass is 313 g/mol. The van der Waals surface area contributed by atoms with Gasteiger partial charge in [0.1, 0.15) is 4.88 Å². The Morgan fingerprint density at radius 1 is 1.35 bits per heavy atom. The molecule has 0 saturated carbocycles. The molecule has 1 heterocycles. The number of nitrogens with one attached hydrogen (secondary N) is 1. The van der Waals surface area contributed by atoms with Crippen LogP contribution >= 0.6 is 11.3 Å². The van der Waals surface area contributed by atoms with Gasteiger partial charge in [-0.3, -0.25) is 0 Å². The van der Waals surface area contributed by atoms with E-state index in [1.807, 2.05) is 0 Å². The van der Waals surface area contributed by atoms with E-state index in [0.717, 1.165) is 11.3 Å². The van der Waals surface area contributed by atoms with Gasteiger partial charge in [-0.05, 0) is 24.3 Å². The number of hydrogen-bond acceptors (Lipinski definition) is 7. The Hall–Kier alpha value is -1.97. The largest absolute Gasteiger partial charge is 0.465 e. The van der Waals surface area contributed by atoms with E-state index in [4.69, 9.17) is 5.14 Å². The third kappa shape index (κ3) is 3.32. The van der Waals surface area contributed by atoms with Crippen molar-refractivity contribution in [1.82, 2.24) is 4.98 Å². The van der Waals surface area contributed by atoms with Crippen molar-refractivity contribution in [3.8, 4) is 0 Å². The molecular weight excluding hydrogens is 302 g/mol. The van der Waals surface area contributed by atoms with Gasteiger partial charge < -0.3 is 10.1 Å². The molecule has 0 fully saturated rings. The Bertz CT molecular complexity index is 722. The molecule has 0 aliphatic carbocycles. The number of nitrogens with zero attached hydrogens (tertiary/aromatic N) is 1. The number of esters is 1. The zero-order valence-corrected chi connectivity index (χ0v) is 12.0. The first kappa shape index (κ1) is 14.4. The summed E-state index contributed by atoms with van der Waals surface area (Å²) in [6.07, 6.45) is 1.40. The number of anilines is 2. The molecule has 9 heteroatoms. The molecule has 1 aromatic carbocycles. The molecule has 2 rings (SSSR count). The topological polar surface area (TPSA) is 111 Å². The number of ether oxygens (including phenoxy) is 1. The van der Waals surface area contributed by atoms with Crippen LogP contribution in [-0.2, 0) is 14.8 Å². The number of thiazole rings is 1. The standard InChI is InChI=1S/C11H11N3O4S2/c1-18-10(15)9-6-13-11(19-9)14-7-2-4-8(5-3-7)20(12,16)17/h2-6H,1H3,(H,13,14)(H2,12,16,17). The van der Waals surface area contributed by atoms with Gasteiger partial charge in [0.25, 0.3) is 0 Å². The summed E-state index contributed by atoms with van der Waals surface area (Å²) in [5.74, 6) is -0.458. The summed E-state index contributed by atoms with van der Waals surface area (Å²) in [5.41, 5.74) is 0.628. The number of methoxy groups -OCH3 is 1. The molecule has 0 saturated heterocycles. The second-order valence-corrected chi connectivity index (χ2v) is 6.31. The number of aromatic nitrogens is 1. The number of nitrogens with two attached hydrogens (primary N) is 1. The first-order valence-corrected chi connectivity index (χ1v) is 7.70. The average molecular weight is 313 g/mol. The molecule has 0 radical (unpaired) electrons. The maximum atomic E-state index is 11.3. The summed E-state index contributed by atoms with van der Waals surface area (Å²) in [6, 6.07) is 5.87. The van der Waals surface area contributed by atoms with Crippen molar-refractivity contribution < 1.29 is 17.9 Å². The summed E-state index contributed by atoms with van der Waals surface area (Å²) in [5, 5.41) is 8.44. The molecule has 0 atom stereocenters. The fourth-order valence-corrected chi connectivity index (χ4v) is 2.65. The molecular formula is C11H11N3O4S2. The highest BCUT2D eigenvalue weighted by Crippen LogP contribution is 2.23. The number of benzene rings is 1. The SMILES string of the molecule is COC(=O)c1cnc(Nc2ccc(S(N)(=O)=O)cc2)s1. The first-order valence-electron chi connectivity index (χ1n) is 5.34. The van der Waals surface area contributed by atoms with Crippen LogP contribution < -0.4 is 10.5 Å². The second-order valence-electron chi connectivity index (χ2n) is 3.72. The normalized spacial score (nSPS) is 11.1. The number of sulfonamides is 1. The lowest BCUT2D eigenvalue weighted by Gasteiger charge is -2.03. The minimum Gasteiger partial charge on any atom is -0.465 e. The van der Waals surface area contributed by atoms with Crippen LogP contribution in [0.3, 0.4) is 0 Å². The molecule has 106 valence electrons. The second kappa shape index (κ2) is 5.57. The van der Waals surface area contributed by atoms with E-state index in [-0.39, 0.29) is 4.90 Å². The highest BCUT2D eigenvalue weighted by atomic mass is 32.2. The minimum absolute atomic E-state index is 0.0254. The number of rotatable bonds is 4. The maximum absolute atomic E-state index is 11.3. The highest BCUT2D eigenvalue weighted by Gasteiger charge is 2.11. The van der Waals surface area contributed by atoms with Crippen molar-refractivity contribution in [3.05, 3.63) is 35.3 Å². The van der Waals surface area contributed by atoms with E-state index in [0.29, 0.717) is 15.7 Å². The Morgan fingerprint density at radius 3 is 2.55 bits per heavy atom. The molecule has 0 aliphatic heterocycles. The molecule has 0 amide bonds. The molecule has 0 bridgehead atoms. The average Bonchev–Trinajstić information content (AvgIpc) is 2.86. The maximum Gasteiger partial charge on any atom is 0.349 e. The van der Waals surface area contributed by atoms with Crippen LogP contribution in [-0.4, -0.2) is 26.5 Å². The third-order valence-corrected chi connectivity index (χ3v) is 4.15. The number of primary sulfonamides is 1. The van der Waals surface area contributed by atoms with Crippen LogP contribution in [0.15, 0.2) is 35.4 Å². The summed E-state index contributed by atoms with van der Waals surface area (Å²) in [4.78, 5) is 15.7. The van der Waals surface area contributed by atoms with Gasteiger partial charge in [-0.15, -0.1) is 0 Å². The Morgan fingerprint density at radius 2 is 2.00 bits per heavy atom. The van der Waals surface area contributed by atoms with E-state index in [2.05, 4.69) is 15.0 Å². The van der Waals surface area contributed by atoms with Gasteiger partial charge in [-0.25, -0.2) is 23.3 Å². The lowest BCUT2D eigenvalue weighted by atomic mass is 10.3. The summed E-state index contributed by atoms with van der Waals surface area (Å²) in [7, 11) is -2.41. The predicted octanol–water partition coefficient (Wildman–Crippen LogP) is 1.32. The van der Waals surface area contributed by atoms with E-state index in [1.165, 1.54) is 25.4 Å². The van der Waals surface area contributed by atoms with E-state index < -0.39 is 16.0 Å². The van der Waals surface area contributed by atoms with Gasteiger partial charge in [0.05, 0.1) is 18.2 Å². The molecule has 1 aromatic heterocycles. The van der Waals surface area contributed by atoms with Crippen molar-refractivity contribution in [3.63, 3.8) is 0 Å². The van der Waals surface area contributed by atoms with Gasteiger partial charge in [-0.1, -0.05) is 11.3 Å². The van der Waals surface area contributed by atoms with Crippen LogP contribution in [0.4, 0.5) is 10.8 Å². The molecule has 7 nitrogen and oxygen atoms in total. The highest BCUT2D eigenvalue weighted by molar-refractivity contribution is 7.89. The van der Waals surface area contributed by atoms with Crippen molar-refractivity contribution in [1.29, 1.82) is 0 Å². The number of hydrogen-bond donors (Lipinski definition) is 2. The fraction of sp³-hybridized carbons (Fsp3) is 0.0909. The first-order chi connectivity index (χ1) is 9.40. The van der Waals surface area contributed by atoms with Crippen molar-refractivity contribution in [2.24, 2.45) is 5.14 Å². The van der Waals surface area contributed by atoms with Crippen LogP contribution in [0.25, 0.3) is 0 Å². The zero-order chi connectivity index (χ0) is 14.8. The predicted molar refractivity (Wildman–Crippen MR) is 74.6 cm³/mol. The lowest BCUT2D eigenvalue weighted by molar-refractivity contribution is 0.0606. The fourth-order valence-electron chi connectivity index (χ4n) is 1.38. The van der Waals surface area contributed by atoms with Crippen LogP contribution in [0.2, 0.25) is 0 Å². The van der Waals surface area contributed by atoms with E-state index in [1.54, 1.807) is 12.1 Å². The summed E-state index contributed by atoms with van der Waals surface area (Å²) in [6.45, 7) is 0. The van der Waals surface area contributed by atoms with E-state index in [9.17, 15) is 13.2 Å². The molecule has 0 aliphatic rings. The summed E-state index contributed by atoms with van der Waals surface area (Å²) < 4.78 is 26.8.